The van der Waals surface area contributed by atoms with Crippen molar-refractivity contribution >= 4 is 17.0 Å². The molecule has 98 valence electrons. The minimum atomic E-state index is -1.07. The number of para-hydroxylation sites is 2. The summed E-state index contributed by atoms with van der Waals surface area (Å²) in [6.45, 7) is 0. The molecule has 3 aromatic rings. The summed E-state index contributed by atoms with van der Waals surface area (Å²) in [6, 6.07) is 13.5. The first-order valence-corrected chi connectivity index (χ1v) is 5.84. The van der Waals surface area contributed by atoms with Gasteiger partial charge in [0.1, 0.15) is 16.8 Å². The highest BCUT2D eigenvalue weighted by Gasteiger charge is 2.12. The van der Waals surface area contributed by atoms with E-state index in [1.807, 2.05) is 12.1 Å². The van der Waals surface area contributed by atoms with Gasteiger partial charge in [-0.05, 0) is 24.3 Å². The van der Waals surface area contributed by atoms with Crippen LogP contribution < -0.4 is 4.74 Å². The number of aromatic nitrogens is 3. The first kappa shape index (κ1) is 12.0. The molecule has 0 saturated carbocycles. The molecule has 3 rings (SSSR count). The third kappa shape index (κ3) is 2.26. The zero-order chi connectivity index (χ0) is 13.9. The van der Waals surface area contributed by atoms with E-state index in [1.165, 1.54) is 6.07 Å². The van der Waals surface area contributed by atoms with Gasteiger partial charge in [-0.3, -0.25) is 0 Å². The number of rotatable bonds is 3. The van der Waals surface area contributed by atoms with Gasteiger partial charge in [0.2, 0.25) is 0 Å². The number of fused-ring (bicyclic) bond motifs is 1. The van der Waals surface area contributed by atoms with Crippen molar-refractivity contribution in [1.29, 1.82) is 0 Å². The second kappa shape index (κ2) is 4.93. The normalized spacial score (nSPS) is 10.4. The molecule has 0 unspecified atom stereocenters. The molecule has 20 heavy (non-hydrogen) atoms. The summed E-state index contributed by atoms with van der Waals surface area (Å²) < 4.78 is 5.41. The van der Waals surface area contributed by atoms with E-state index in [-0.39, 0.29) is 17.3 Å². The van der Waals surface area contributed by atoms with Crippen LogP contribution in [0.15, 0.2) is 48.5 Å². The molecule has 0 amide bonds. The zero-order valence-corrected chi connectivity index (χ0v) is 10.2. The van der Waals surface area contributed by atoms with Crippen molar-refractivity contribution in [2.45, 2.75) is 0 Å². The lowest BCUT2D eigenvalue weighted by Gasteiger charge is -2.06. The van der Waals surface area contributed by atoms with Gasteiger partial charge >= 0.3 is 12.0 Å². The Balaban J connectivity index is 1.99. The average Bonchev–Trinajstić information content (AvgIpc) is 2.47. The monoisotopic (exact) mass is 267 g/mol. The topological polar surface area (TPSA) is 85.2 Å². The van der Waals surface area contributed by atoms with Crippen LogP contribution in [0, 0.1) is 0 Å². The number of hydrogen-bond donors (Lipinski definition) is 1. The van der Waals surface area contributed by atoms with Gasteiger partial charge in [-0.25, -0.2) is 4.79 Å². The fraction of sp³-hybridized carbons (Fsp3) is 0. The maximum Gasteiger partial charge on any atom is 0.341 e. The molecule has 1 aromatic heterocycles. The van der Waals surface area contributed by atoms with E-state index < -0.39 is 5.97 Å². The smallest absolute Gasteiger partial charge is 0.341 e. The Labute approximate surface area is 113 Å². The second-order valence-electron chi connectivity index (χ2n) is 3.99. The fourth-order valence-corrected chi connectivity index (χ4v) is 1.74. The Morgan fingerprint density at radius 3 is 2.45 bits per heavy atom. The van der Waals surface area contributed by atoms with Gasteiger partial charge in [0, 0.05) is 0 Å². The third-order valence-electron chi connectivity index (χ3n) is 2.66. The van der Waals surface area contributed by atoms with E-state index in [0.717, 1.165) is 0 Å². The number of nitrogens with zero attached hydrogens (tertiary/aromatic N) is 3. The van der Waals surface area contributed by atoms with Crippen molar-refractivity contribution in [3.05, 3.63) is 54.1 Å². The molecule has 0 bridgehead atoms. The lowest BCUT2D eigenvalue weighted by atomic mass is 10.2. The number of carboxylic acid groups (broad SMARTS) is 1. The van der Waals surface area contributed by atoms with E-state index in [4.69, 9.17) is 9.84 Å². The first-order chi connectivity index (χ1) is 9.74. The Morgan fingerprint density at radius 1 is 0.950 bits per heavy atom. The average molecular weight is 267 g/mol. The molecule has 6 heteroatoms. The van der Waals surface area contributed by atoms with Crippen LogP contribution in [0.25, 0.3) is 11.0 Å². The number of ether oxygens (including phenoxy) is 1. The van der Waals surface area contributed by atoms with Gasteiger partial charge in [-0.2, -0.15) is 4.98 Å². The van der Waals surface area contributed by atoms with Gasteiger partial charge in [0.25, 0.3) is 0 Å². The quantitative estimate of drug-likeness (QED) is 0.784. The second-order valence-corrected chi connectivity index (χ2v) is 3.99. The molecule has 2 aromatic carbocycles. The van der Waals surface area contributed by atoms with Crippen LogP contribution >= 0.6 is 0 Å². The van der Waals surface area contributed by atoms with Gasteiger partial charge in [-0.1, -0.05) is 29.4 Å². The Hall–Kier alpha value is -3.02. The maximum absolute atomic E-state index is 11.1. The SMILES string of the molecule is O=C(O)c1ccccc1Oc1nnc2ccccc2n1. The molecule has 0 atom stereocenters. The molecule has 0 aliphatic heterocycles. The van der Waals surface area contributed by atoms with E-state index in [0.29, 0.717) is 11.0 Å². The molecule has 1 N–H and O–H groups in total. The Kier molecular flexibility index (Phi) is 2.96. The van der Waals surface area contributed by atoms with Crippen molar-refractivity contribution in [2.75, 3.05) is 0 Å². The highest BCUT2D eigenvalue weighted by atomic mass is 16.5. The molecule has 0 radical (unpaired) electrons. The van der Waals surface area contributed by atoms with Gasteiger partial charge in [0.05, 0.1) is 5.52 Å². The van der Waals surface area contributed by atoms with Crippen LogP contribution in [0.4, 0.5) is 0 Å². The molecule has 0 spiro atoms. The van der Waals surface area contributed by atoms with Crippen molar-refractivity contribution < 1.29 is 14.6 Å². The summed E-state index contributed by atoms with van der Waals surface area (Å²) in [5.41, 5.74) is 1.32. The molecule has 0 saturated heterocycles. The fourth-order valence-electron chi connectivity index (χ4n) is 1.74. The predicted octanol–water partition coefficient (Wildman–Crippen LogP) is 2.52. The van der Waals surface area contributed by atoms with Crippen molar-refractivity contribution in [3.63, 3.8) is 0 Å². The van der Waals surface area contributed by atoms with Gasteiger partial charge in [0.15, 0.2) is 0 Å². The standard InChI is InChI=1S/C14H9N3O3/c18-13(19)9-5-1-4-8-12(9)20-14-15-10-6-2-3-7-11(10)16-17-14/h1-8H,(H,18,19). The summed E-state index contributed by atoms with van der Waals surface area (Å²) in [5, 5.41) is 16.9. The lowest BCUT2D eigenvalue weighted by Crippen LogP contribution is -2.02. The van der Waals surface area contributed by atoms with Gasteiger partial charge < -0.3 is 9.84 Å². The first-order valence-electron chi connectivity index (χ1n) is 5.84. The molecule has 1 heterocycles. The van der Waals surface area contributed by atoms with Crippen LogP contribution in [0.2, 0.25) is 0 Å². The van der Waals surface area contributed by atoms with Crippen LogP contribution in [-0.4, -0.2) is 26.3 Å². The summed E-state index contributed by atoms with van der Waals surface area (Å²) >= 11 is 0. The largest absolute Gasteiger partial charge is 0.478 e. The minimum absolute atomic E-state index is 0.0115. The predicted molar refractivity (Wildman–Crippen MR) is 70.8 cm³/mol. The lowest BCUT2D eigenvalue weighted by molar-refractivity contribution is 0.0694. The van der Waals surface area contributed by atoms with Gasteiger partial charge in [-0.15, -0.1) is 5.10 Å². The van der Waals surface area contributed by atoms with Crippen LogP contribution in [-0.2, 0) is 0 Å². The van der Waals surface area contributed by atoms with E-state index >= 15 is 0 Å². The summed E-state index contributed by atoms with van der Waals surface area (Å²) in [7, 11) is 0. The van der Waals surface area contributed by atoms with Crippen molar-refractivity contribution in [2.24, 2.45) is 0 Å². The molecule has 6 nitrogen and oxygen atoms in total. The summed E-state index contributed by atoms with van der Waals surface area (Å²) in [6.07, 6.45) is 0. The van der Waals surface area contributed by atoms with E-state index in [1.54, 1.807) is 30.3 Å². The highest BCUT2D eigenvalue weighted by molar-refractivity contribution is 5.90. The maximum atomic E-state index is 11.1. The zero-order valence-electron chi connectivity index (χ0n) is 10.2. The molecule has 0 fully saturated rings. The number of hydrogen-bond acceptors (Lipinski definition) is 5. The van der Waals surface area contributed by atoms with Crippen molar-refractivity contribution in [3.8, 4) is 11.8 Å². The number of benzene rings is 2. The Bertz CT molecular complexity index is 789. The molecule has 0 aliphatic rings. The highest BCUT2D eigenvalue weighted by Crippen LogP contribution is 2.23. The summed E-state index contributed by atoms with van der Waals surface area (Å²) in [4.78, 5) is 15.3. The molecular formula is C14H9N3O3. The molecule has 0 aliphatic carbocycles. The summed E-state index contributed by atoms with van der Waals surface area (Å²) in [5.74, 6) is -0.897. The van der Waals surface area contributed by atoms with Crippen LogP contribution in [0.1, 0.15) is 10.4 Å². The minimum Gasteiger partial charge on any atom is -0.478 e. The molecular weight excluding hydrogens is 258 g/mol. The van der Waals surface area contributed by atoms with Crippen LogP contribution in [0.5, 0.6) is 11.8 Å². The number of carbonyl (C=O) groups is 1. The van der Waals surface area contributed by atoms with Crippen molar-refractivity contribution in [1.82, 2.24) is 15.2 Å². The van der Waals surface area contributed by atoms with E-state index in [9.17, 15) is 4.79 Å². The van der Waals surface area contributed by atoms with Crippen LogP contribution in [0.3, 0.4) is 0 Å². The van der Waals surface area contributed by atoms with E-state index in [2.05, 4.69) is 15.2 Å². The number of carboxylic acids is 1. The third-order valence-corrected chi connectivity index (χ3v) is 2.66. The Morgan fingerprint density at radius 2 is 1.65 bits per heavy atom. The number of aromatic carboxylic acids is 1.